The third-order valence-electron chi connectivity index (χ3n) is 2.07. The number of rotatable bonds is 1. The van der Waals surface area contributed by atoms with Crippen LogP contribution in [0.4, 0.5) is 0 Å². The summed E-state index contributed by atoms with van der Waals surface area (Å²) in [5, 5.41) is 3.17. The molecule has 1 aliphatic heterocycles. The normalized spacial score (nSPS) is 19.0. The van der Waals surface area contributed by atoms with Crippen molar-refractivity contribution in [2.24, 2.45) is 4.99 Å². The van der Waals surface area contributed by atoms with Gasteiger partial charge in [0.05, 0.1) is 0 Å². The Morgan fingerprint density at radius 3 is 2.36 bits per heavy atom. The van der Waals surface area contributed by atoms with Gasteiger partial charge in [-0.1, -0.05) is 42.5 Å². The summed E-state index contributed by atoms with van der Waals surface area (Å²) in [4.78, 5) is 5.27. The zero-order valence-electron chi connectivity index (χ0n) is 8.24. The van der Waals surface area contributed by atoms with E-state index in [-0.39, 0.29) is 5.66 Å². The largest absolute Gasteiger partial charge is 0.351 e. The van der Waals surface area contributed by atoms with Crippen LogP contribution in [0.3, 0.4) is 0 Å². The van der Waals surface area contributed by atoms with E-state index < -0.39 is 0 Å². The molecule has 0 saturated carbocycles. The Labute approximate surface area is 89.1 Å². The molecule has 0 spiro atoms. The highest BCUT2D eigenvalue weighted by molar-refractivity contribution is 7.82. The molecule has 1 aliphatic rings. The van der Waals surface area contributed by atoms with Crippen molar-refractivity contribution in [3.8, 4) is 0 Å². The zero-order valence-corrected chi connectivity index (χ0v) is 9.06. The van der Waals surface area contributed by atoms with E-state index in [0.717, 1.165) is 16.3 Å². The molecule has 1 aromatic rings. The molecule has 72 valence electrons. The lowest BCUT2D eigenvalue weighted by atomic mass is 10.1. The number of hydrogen-bond donors (Lipinski definition) is 1. The molecule has 0 aromatic heterocycles. The highest BCUT2D eigenvalue weighted by Crippen LogP contribution is 2.16. The van der Waals surface area contributed by atoms with Gasteiger partial charge in [0.15, 0.2) is 0 Å². The van der Waals surface area contributed by atoms with E-state index in [1.54, 1.807) is 0 Å². The third-order valence-corrected chi connectivity index (χ3v) is 2.37. The second kappa shape index (κ2) is 3.17. The molecule has 0 saturated heterocycles. The summed E-state index contributed by atoms with van der Waals surface area (Å²) >= 11 is 5.23. The first-order chi connectivity index (χ1) is 6.58. The minimum Gasteiger partial charge on any atom is -0.351 e. The van der Waals surface area contributed by atoms with Crippen LogP contribution in [-0.4, -0.2) is 16.4 Å². The van der Waals surface area contributed by atoms with Crippen LogP contribution in [0.2, 0.25) is 0 Å². The molecule has 0 aliphatic carbocycles. The minimum atomic E-state index is -0.262. The van der Waals surface area contributed by atoms with Crippen molar-refractivity contribution >= 4 is 22.9 Å². The first-order valence-electron chi connectivity index (χ1n) is 4.56. The Bertz CT molecular complexity index is 393. The Balaban J connectivity index is 2.42. The van der Waals surface area contributed by atoms with Crippen molar-refractivity contribution in [1.29, 1.82) is 0 Å². The van der Waals surface area contributed by atoms with Crippen molar-refractivity contribution < 1.29 is 0 Å². The van der Waals surface area contributed by atoms with Crippen molar-refractivity contribution in [2.45, 2.75) is 19.5 Å². The number of benzene rings is 1. The second-order valence-electron chi connectivity index (χ2n) is 3.84. The zero-order chi connectivity index (χ0) is 10.2. The van der Waals surface area contributed by atoms with Crippen LogP contribution in [0.15, 0.2) is 35.3 Å². The summed E-state index contributed by atoms with van der Waals surface area (Å²) in [7, 11) is 0. The van der Waals surface area contributed by atoms with Crippen molar-refractivity contribution in [1.82, 2.24) is 5.32 Å². The van der Waals surface area contributed by atoms with Gasteiger partial charge in [-0.15, -0.1) is 0 Å². The van der Waals surface area contributed by atoms with Crippen LogP contribution in [-0.2, 0) is 0 Å². The summed E-state index contributed by atoms with van der Waals surface area (Å²) in [6.45, 7) is 4.02. The number of hydrogen-bond acceptors (Lipinski definition) is 2. The van der Waals surface area contributed by atoms with E-state index in [2.05, 4.69) is 10.3 Å². The van der Waals surface area contributed by atoms with Gasteiger partial charge in [0.1, 0.15) is 16.4 Å². The molecule has 0 radical (unpaired) electrons. The fourth-order valence-electron chi connectivity index (χ4n) is 1.49. The Morgan fingerprint density at radius 1 is 1.21 bits per heavy atom. The van der Waals surface area contributed by atoms with E-state index in [4.69, 9.17) is 12.2 Å². The quantitative estimate of drug-likeness (QED) is 0.709. The number of nitrogens with zero attached hydrogens (tertiary/aromatic N) is 1. The first-order valence-corrected chi connectivity index (χ1v) is 4.97. The van der Waals surface area contributed by atoms with Gasteiger partial charge < -0.3 is 5.32 Å². The average molecular weight is 204 g/mol. The lowest BCUT2D eigenvalue weighted by Gasteiger charge is -2.13. The summed E-state index contributed by atoms with van der Waals surface area (Å²) in [6.07, 6.45) is 0. The average Bonchev–Trinajstić information content (AvgIpc) is 2.41. The number of aliphatic imine (C=N–C) groups is 1. The fourth-order valence-corrected chi connectivity index (χ4v) is 1.90. The van der Waals surface area contributed by atoms with Crippen LogP contribution in [0.5, 0.6) is 0 Å². The third kappa shape index (κ3) is 1.68. The summed E-state index contributed by atoms with van der Waals surface area (Å²) in [5.74, 6) is 0. The van der Waals surface area contributed by atoms with Gasteiger partial charge in [0, 0.05) is 5.56 Å². The summed E-state index contributed by atoms with van der Waals surface area (Å²) < 4.78 is 0. The maximum absolute atomic E-state index is 5.23. The van der Waals surface area contributed by atoms with Gasteiger partial charge in [-0.3, -0.25) is 4.99 Å². The topological polar surface area (TPSA) is 24.4 Å². The van der Waals surface area contributed by atoms with Gasteiger partial charge in [-0.2, -0.15) is 0 Å². The molecule has 3 heteroatoms. The second-order valence-corrected chi connectivity index (χ2v) is 4.25. The van der Waals surface area contributed by atoms with Crippen LogP contribution < -0.4 is 5.32 Å². The highest BCUT2D eigenvalue weighted by Gasteiger charge is 2.28. The molecule has 2 rings (SSSR count). The molecule has 0 unspecified atom stereocenters. The predicted octanol–water partition coefficient (Wildman–Crippen LogP) is 2.14. The van der Waals surface area contributed by atoms with Crippen LogP contribution in [0.1, 0.15) is 19.4 Å². The van der Waals surface area contributed by atoms with E-state index >= 15 is 0 Å². The van der Waals surface area contributed by atoms with E-state index in [1.807, 2.05) is 44.2 Å². The Hall–Kier alpha value is -1.22. The summed E-state index contributed by atoms with van der Waals surface area (Å²) in [6, 6.07) is 10.0. The molecular formula is C11H12N2S. The molecule has 0 atom stereocenters. The summed E-state index contributed by atoms with van der Waals surface area (Å²) in [5.41, 5.74) is 1.71. The lowest BCUT2D eigenvalue weighted by molar-refractivity contribution is 0.506. The van der Waals surface area contributed by atoms with Gasteiger partial charge in [0.25, 0.3) is 0 Å². The molecule has 2 nitrogen and oxygen atoms in total. The molecular weight excluding hydrogens is 192 g/mol. The molecule has 1 N–H and O–H groups in total. The highest BCUT2D eigenvalue weighted by atomic mass is 32.1. The Kier molecular flexibility index (Phi) is 2.11. The number of thiocarbonyl (C=S) groups is 1. The van der Waals surface area contributed by atoms with Crippen molar-refractivity contribution in [3.05, 3.63) is 35.9 Å². The molecule has 0 amide bonds. The number of nitrogens with one attached hydrogen (secondary N) is 1. The van der Waals surface area contributed by atoms with Crippen molar-refractivity contribution in [2.75, 3.05) is 0 Å². The monoisotopic (exact) mass is 204 g/mol. The van der Waals surface area contributed by atoms with Gasteiger partial charge in [0.2, 0.25) is 0 Å². The predicted molar refractivity (Wildman–Crippen MR) is 62.8 cm³/mol. The molecule has 0 bridgehead atoms. The van der Waals surface area contributed by atoms with Crippen LogP contribution in [0, 0.1) is 0 Å². The maximum Gasteiger partial charge on any atom is 0.127 e. The van der Waals surface area contributed by atoms with E-state index in [0.29, 0.717) is 0 Å². The minimum absolute atomic E-state index is 0.262. The van der Waals surface area contributed by atoms with Gasteiger partial charge in [-0.05, 0) is 13.8 Å². The molecule has 0 fully saturated rings. The van der Waals surface area contributed by atoms with E-state index in [1.165, 1.54) is 0 Å². The first kappa shape index (κ1) is 9.34. The fraction of sp³-hybridized carbons (Fsp3) is 0.273. The molecule has 14 heavy (non-hydrogen) atoms. The van der Waals surface area contributed by atoms with Gasteiger partial charge in [-0.25, -0.2) is 0 Å². The molecule has 1 heterocycles. The SMILES string of the molecule is CC1(C)N=C(c2ccccc2)C(=S)N1. The standard InChI is InChI=1S/C11H12N2S/c1-11(2)12-9(10(14)13-11)8-6-4-3-5-7-8/h3-7H,1-2H3,(H,13,14). The smallest absolute Gasteiger partial charge is 0.127 e. The lowest BCUT2D eigenvalue weighted by Crippen LogP contribution is -2.35. The van der Waals surface area contributed by atoms with E-state index in [9.17, 15) is 0 Å². The Morgan fingerprint density at radius 2 is 1.86 bits per heavy atom. The van der Waals surface area contributed by atoms with Crippen LogP contribution >= 0.6 is 12.2 Å². The van der Waals surface area contributed by atoms with Crippen LogP contribution in [0.25, 0.3) is 0 Å². The van der Waals surface area contributed by atoms with Crippen molar-refractivity contribution in [3.63, 3.8) is 0 Å². The maximum atomic E-state index is 5.23. The van der Waals surface area contributed by atoms with Gasteiger partial charge >= 0.3 is 0 Å². The molecule has 1 aromatic carbocycles.